The number of anilines is 1. The van der Waals surface area contributed by atoms with Crippen LogP contribution in [0.2, 0.25) is 0 Å². The molecule has 6 nitrogen and oxygen atoms in total. The summed E-state index contributed by atoms with van der Waals surface area (Å²) in [5.74, 6) is 0.476. The normalized spacial score (nSPS) is 21.1. The first-order valence-corrected chi connectivity index (χ1v) is 8.30. The molecule has 0 bridgehead atoms. The van der Waals surface area contributed by atoms with Crippen molar-refractivity contribution in [3.05, 3.63) is 24.0 Å². The molecule has 0 unspecified atom stereocenters. The van der Waals surface area contributed by atoms with Gasteiger partial charge in [0.1, 0.15) is 0 Å². The van der Waals surface area contributed by atoms with Crippen molar-refractivity contribution in [2.24, 2.45) is 4.99 Å². The lowest BCUT2D eigenvalue weighted by molar-refractivity contribution is -0.0107. The number of aliphatic imine (C=N–C) groups is 1. The Balaban J connectivity index is 2.20. The van der Waals surface area contributed by atoms with Crippen LogP contribution in [0.25, 0.3) is 0 Å². The van der Waals surface area contributed by atoms with E-state index in [2.05, 4.69) is 55.3 Å². The summed E-state index contributed by atoms with van der Waals surface area (Å²) in [5.41, 5.74) is 1.87. The number of nitriles is 1. The van der Waals surface area contributed by atoms with Gasteiger partial charge in [-0.3, -0.25) is 15.2 Å². The number of rotatable bonds is 2. The van der Waals surface area contributed by atoms with Crippen LogP contribution >= 0.6 is 0 Å². The highest BCUT2D eigenvalue weighted by molar-refractivity contribution is 5.94. The van der Waals surface area contributed by atoms with Crippen LogP contribution in [-0.2, 0) is 0 Å². The van der Waals surface area contributed by atoms with E-state index < -0.39 is 0 Å². The molecule has 1 fully saturated rings. The van der Waals surface area contributed by atoms with Gasteiger partial charge in [-0.1, -0.05) is 0 Å². The molecule has 0 spiro atoms. The number of guanidine groups is 1. The summed E-state index contributed by atoms with van der Waals surface area (Å²) >= 11 is 0. The molecule has 2 rings (SSSR count). The van der Waals surface area contributed by atoms with E-state index in [4.69, 9.17) is 10.3 Å². The van der Waals surface area contributed by atoms with Gasteiger partial charge >= 0.3 is 0 Å². The van der Waals surface area contributed by atoms with Crippen LogP contribution in [0, 0.1) is 18.4 Å². The molecule has 130 valence electrons. The molecule has 1 aliphatic heterocycles. The highest BCUT2D eigenvalue weighted by Crippen LogP contribution is 2.38. The van der Waals surface area contributed by atoms with E-state index in [1.807, 2.05) is 25.2 Å². The molecule has 1 aliphatic rings. The summed E-state index contributed by atoms with van der Waals surface area (Å²) in [6.45, 7) is 10.9. The molecule has 0 aromatic carbocycles. The third-order valence-electron chi connectivity index (χ3n) is 4.95. The minimum atomic E-state index is 0.0546. The van der Waals surface area contributed by atoms with E-state index in [0.29, 0.717) is 5.96 Å². The lowest BCUT2D eigenvalue weighted by Gasteiger charge is -2.52. The van der Waals surface area contributed by atoms with Crippen molar-refractivity contribution in [1.29, 1.82) is 5.26 Å². The first-order chi connectivity index (χ1) is 11.1. The van der Waals surface area contributed by atoms with Crippen molar-refractivity contribution in [3.8, 4) is 6.19 Å². The van der Waals surface area contributed by atoms with Gasteiger partial charge < -0.3 is 5.32 Å². The number of nitrogens with zero attached hydrogens (tertiary/aromatic N) is 4. The number of piperidine rings is 1. The van der Waals surface area contributed by atoms with Crippen LogP contribution in [-0.4, -0.2) is 40.0 Å². The van der Waals surface area contributed by atoms with E-state index in [1.54, 1.807) is 6.20 Å². The fourth-order valence-corrected chi connectivity index (χ4v) is 3.42. The Morgan fingerprint density at radius 2 is 1.92 bits per heavy atom. The first-order valence-electron chi connectivity index (χ1n) is 8.30. The molecule has 1 aromatic heterocycles. The van der Waals surface area contributed by atoms with Crippen LogP contribution < -0.4 is 10.6 Å². The number of aryl methyl sites for hydroxylation is 1. The molecule has 0 radical (unpaired) electrons. The smallest absolute Gasteiger partial charge is 0.209 e. The van der Waals surface area contributed by atoms with Gasteiger partial charge in [0.2, 0.25) is 5.96 Å². The quantitative estimate of drug-likeness (QED) is 0.378. The van der Waals surface area contributed by atoms with E-state index in [-0.39, 0.29) is 17.1 Å². The maximum Gasteiger partial charge on any atom is 0.209 e. The monoisotopic (exact) mass is 328 g/mol. The number of nitrogens with one attached hydrogen (secondary N) is 2. The van der Waals surface area contributed by atoms with Gasteiger partial charge in [0.15, 0.2) is 6.19 Å². The predicted molar refractivity (Wildman–Crippen MR) is 97.7 cm³/mol. The maximum absolute atomic E-state index is 9.03. The zero-order valence-electron chi connectivity index (χ0n) is 15.5. The molecule has 0 saturated carbocycles. The number of pyridine rings is 1. The second-order valence-electron chi connectivity index (χ2n) is 7.77. The SMILES string of the molecule is Cc1ccc(NC(=NC2CC(C)(C)N(C)C(C)(C)C2)NC#N)cn1. The Kier molecular flexibility index (Phi) is 5.14. The highest BCUT2D eigenvalue weighted by Gasteiger charge is 2.43. The van der Waals surface area contributed by atoms with Crippen molar-refractivity contribution >= 4 is 11.6 Å². The summed E-state index contributed by atoms with van der Waals surface area (Å²) < 4.78 is 0. The van der Waals surface area contributed by atoms with E-state index in [0.717, 1.165) is 24.2 Å². The van der Waals surface area contributed by atoms with Crippen molar-refractivity contribution in [2.45, 2.75) is 64.6 Å². The van der Waals surface area contributed by atoms with Crippen LogP contribution in [0.4, 0.5) is 5.69 Å². The molecule has 0 amide bonds. The van der Waals surface area contributed by atoms with Crippen molar-refractivity contribution in [3.63, 3.8) is 0 Å². The maximum atomic E-state index is 9.03. The van der Waals surface area contributed by atoms with E-state index in [1.165, 1.54) is 0 Å². The Labute approximate surface area is 145 Å². The number of hydrogen-bond donors (Lipinski definition) is 2. The van der Waals surface area contributed by atoms with Gasteiger partial charge in [-0.25, -0.2) is 4.99 Å². The van der Waals surface area contributed by atoms with Gasteiger partial charge in [0.25, 0.3) is 0 Å². The summed E-state index contributed by atoms with van der Waals surface area (Å²) in [7, 11) is 2.17. The van der Waals surface area contributed by atoms with Gasteiger partial charge in [0.05, 0.1) is 17.9 Å². The van der Waals surface area contributed by atoms with Crippen molar-refractivity contribution < 1.29 is 0 Å². The van der Waals surface area contributed by atoms with Crippen LogP contribution in [0.15, 0.2) is 23.3 Å². The Morgan fingerprint density at radius 3 is 2.42 bits per heavy atom. The molecule has 0 aliphatic carbocycles. The number of aromatic nitrogens is 1. The minimum Gasteiger partial charge on any atom is -0.324 e. The molecule has 6 heteroatoms. The highest BCUT2D eigenvalue weighted by atomic mass is 15.3. The zero-order valence-corrected chi connectivity index (χ0v) is 15.5. The average Bonchev–Trinajstić information content (AvgIpc) is 2.47. The van der Waals surface area contributed by atoms with Crippen molar-refractivity contribution in [2.75, 3.05) is 12.4 Å². The fourth-order valence-electron chi connectivity index (χ4n) is 3.42. The van der Waals surface area contributed by atoms with Crippen LogP contribution in [0.1, 0.15) is 46.2 Å². The van der Waals surface area contributed by atoms with Gasteiger partial charge in [-0.2, -0.15) is 5.26 Å². The zero-order chi connectivity index (χ0) is 18.0. The average molecular weight is 328 g/mol. The third-order valence-corrected chi connectivity index (χ3v) is 4.95. The number of hydrogen-bond acceptors (Lipinski definition) is 4. The lowest BCUT2D eigenvalue weighted by Crippen LogP contribution is -2.59. The van der Waals surface area contributed by atoms with Crippen molar-refractivity contribution in [1.82, 2.24) is 15.2 Å². The van der Waals surface area contributed by atoms with Crippen LogP contribution in [0.5, 0.6) is 0 Å². The molecular weight excluding hydrogens is 300 g/mol. The van der Waals surface area contributed by atoms with E-state index >= 15 is 0 Å². The summed E-state index contributed by atoms with van der Waals surface area (Å²) in [4.78, 5) is 11.5. The van der Waals surface area contributed by atoms with Gasteiger partial charge in [0, 0.05) is 16.8 Å². The molecular formula is C18H28N6. The summed E-state index contributed by atoms with van der Waals surface area (Å²) in [6.07, 6.45) is 5.59. The van der Waals surface area contributed by atoms with Crippen LogP contribution in [0.3, 0.4) is 0 Å². The third kappa shape index (κ3) is 4.24. The molecule has 0 atom stereocenters. The summed E-state index contributed by atoms with van der Waals surface area (Å²) in [6, 6.07) is 4.00. The minimum absolute atomic E-state index is 0.0546. The predicted octanol–water partition coefficient (Wildman–Crippen LogP) is 2.88. The van der Waals surface area contributed by atoms with E-state index in [9.17, 15) is 0 Å². The topological polar surface area (TPSA) is 76.3 Å². The molecule has 2 N–H and O–H groups in total. The lowest BCUT2D eigenvalue weighted by atomic mass is 9.78. The second kappa shape index (κ2) is 6.78. The molecule has 24 heavy (non-hydrogen) atoms. The second-order valence-corrected chi connectivity index (χ2v) is 7.77. The molecule has 1 aromatic rings. The Hall–Kier alpha value is -2.13. The van der Waals surface area contributed by atoms with Gasteiger partial charge in [-0.15, -0.1) is 0 Å². The molecule has 1 saturated heterocycles. The summed E-state index contributed by atoms with van der Waals surface area (Å²) in [5, 5.41) is 14.9. The Morgan fingerprint density at radius 1 is 1.29 bits per heavy atom. The standard InChI is InChI=1S/C18H28N6/c1-13-7-8-14(11-20-13)22-16(21-12-19)23-15-9-17(2,3)24(6)18(4,5)10-15/h7-8,11,15H,9-10H2,1-6H3,(H2,21,22,23). The number of likely N-dealkylation sites (tertiary alicyclic amines) is 1. The first kappa shape index (κ1) is 18.2. The largest absolute Gasteiger partial charge is 0.324 e. The fraction of sp³-hybridized carbons (Fsp3) is 0.611. The van der Waals surface area contributed by atoms with Gasteiger partial charge in [-0.05, 0) is 66.6 Å². The molecule has 2 heterocycles. The Bertz CT molecular complexity index is 620.